The maximum Gasteiger partial charge on any atom is 0.301 e. The third-order valence-corrected chi connectivity index (χ3v) is 5.11. The van der Waals surface area contributed by atoms with Gasteiger partial charge in [-0.15, -0.1) is 0 Å². The number of amides is 1. The van der Waals surface area contributed by atoms with E-state index < -0.39 is 17.7 Å². The Labute approximate surface area is 179 Å². The van der Waals surface area contributed by atoms with Crippen LogP contribution < -0.4 is 14.4 Å². The molecule has 0 saturated carbocycles. The maximum atomic E-state index is 13.1. The molecule has 0 aliphatic carbocycles. The minimum absolute atomic E-state index is 0.0194. The molecule has 31 heavy (non-hydrogen) atoms. The second-order valence-corrected chi connectivity index (χ2v) is 6.84. The number of carbonyl (C=O) groups is 2. The normalized spacial score (nSPS) is 17.6. The predicted octanol–water partition coefficient (Wildman–Crippen LogP) is 3.73. The van der Waals surface area contributed by atoms with Crippen LogP contribution in [-0.4, -0.2) is 36.0 Å². The number of aliphatic hydroxyl groups is 1. The van der Waals surface area contributed by atoms with Gasteiger partial charge in [0, 0.05) is 11.8 Å². The van der Waals surface area contributed by atoms with Crippen LogP contribution in [0.5, 0.6) is 11.5 Å². The number of ketones is 1. The molecule has 1 aromatic heterocycles. The number of hydrogen-bond donors (Lipinski definition) is 1. The van der Waals surface area contributed by atoms with Gasteiger partial charge in [-0.3, -0.25) is 14.5 Å². The third-order valence-electron chi connectivity index (χ3n) is 5.11. The molecule has 0 unspecified atom stereocenters. The molecule has 156 valence electrons. The number of pyridine rings is 1. The lowest BCUT2D eigenvalue weighted by Crippen LogP contribution is -2.30. The monoisotopic (exact) mass is 416 g/mol. The Morgan fingerprint density at radius 3 is 2.29 bits per heavy atom. The van der Waals surface area contributed by atoms with Crippen molar-refractivity contribution in [2.45, 2.75) is 6.04 Å². The molecule has 7 heteroatoms. The molecule has 2 aromatic carbocycles. The number of aromatic nitrogens is 1. The summed E-state index contributed by atoms with van der Waals surface area (Å²) in [5.74, 6) is -0.563. The van der Waals surface area contributed by atoms with Crippen LogP contribution in [0, 0.1) is 0 Å². The summed E-state index contributed by atoms with van der Waals surface area (Å²) < 4.78 is 10.7. The summed E-state index contributed by atoms with van der Waals surface area (Å²) >= 11 is 0. The highest BCUT2D eigenvalue weighted by Gasteiger charge is 2.47. The molecule has 1 amide bonds. The SMILES string of the molecule is COc1ccc([C@@H]2/C(=C(/O)c3ccccc3)C(=O)C(=O)N2c2ccccn2)cc1OC. The van der Waals surface area contributed by atoms with Crippen LogP contribution in [0.25, 0.3) is 5.76 Å². The van der Waals surface area contributed by atoms with Crippen molar-refractivity contribution in [1.29, 1.82) is 0 Å². The number of methoxy groups -OCH3 is 2. The Bertz CT molecular complexity index is 1160. The predicted molar refractivity (Wildman–Crippen MR) is 115 cm³/mol. The lowest BCUT2D eigenvalue weighted by Gasteiger charge is -2.25. The van der Waals surface area contributed by atoms with Crippen molar-refractivity contribution in [3.8, 4) is 11.5 Å². The van der Waals surface area contributed by atoms with E-state index in [0.29, 0.717) is 28.4 Å². The molecule has 7 nitrogen and oxygen atoms in total. The Kier molecular flexibility index (Phi) is 5.41. The minimum atomic E-state index is -0.894. The van der Waals surface area contributed by atoms with Gasteiger partial charge in [0.1, 0.15) is 11.6 Å². The van der Waals surface area contributed by atoms with Crippen molar-refractivity contribution in [2.24, 2.45) is 0 Å². The maximum absolute atomic E-state index is 13.1. The van der Waals surface area contributed by atoms with Crippen LogP contribution in [0.15, 0.2) is 78.5 Å². The highest BCUT2D eigenvalue weighted by Crippen LogP contribution is 2.43. The van der Waals surface area contributed by atoms with Gasteiger partial charge in [0.05, 0.1) is 25.8 Å². The summed E-state index contributed by atoms with van der Waals surface area (Å²) in [5, 5.41) is 11.0. The molecule has 1 aliphatic heterocycles. The summed E-state index contributed by atoms with van der Waals surface area (Å²) in [7, 11) is 3.02. The van der Waals surface area contributed by atoms with Gasteiger partial charge in [-0.25, -0.2) is 4.98 Å². The standard InChI is InChI=1S/C24H20N2O5/c1-30-17-12-11-16(14-18(17)31-2)21-20(22(27)15-8-4-3-5-9-15)23(28)24(29)26(21)19-10-6-7-13-25-19/h3-14,21,27H,1-2H3/b22-20-/t21-/m1/s1. The average molecular weight is 416 g/mol. The van der Waals surface area contributed by atoms with E-state index in [2.05, 4.69) is 4.98 Å². The third kappa shape index (κ3) is 3.50. The molecule has 2 heterocycles. The summed E-state index contributed by atoms with van der Waals surface area (Å²) in [5.41, 5.74) is 0.987. The second kappa shape index (κ2) is 8.31. The summed E-state index contributed by atoms with van der Waals surface area (Å²) in [6.45, 7) is 0. The largest absolute Gasteiger partial charge is 0.507 e. The van der Waals surface area contributed by atoms with Gasteiger partial charge in [0.25, 0.3) is 5.78 Å². The van der Waals surface area contributed by atoms with Crippen molar-refractivity contribution in [3.05, 3.63) is 89.6 Å². The first-order valence-corrected chi connectivity index (χ1v) is 9.56. The van der Waals surface area contributed by atoms with Crippen molar-refractivity contribution < 1.29 is 24.2 Å². The van der Waals surface area contributed by atoms with Gasteiger partial charge < -0.3 is 14.6 Å². The van der Waals surface area contributed by atoms with E-state index in [1.807, 2.05) is 0 Å². The number of carbonyl (C=O) groups excluding carboxylic acids is 2. The van der Waals surface area contributed by atoms with Crippen molar-refractivity contribution in [3.63, 3.8) is 0 Å². The van der Waals surface area contributed by atoms with Crippen LogP contribution in [0.1, 0.15) is 17.2 Å². The highest BCUT2D eigenvalue weighted by atomic mass is 16.5. The Balaban J connectivity index is 1.96. The van der Waals surface area contributed by atoms with Gasteiger partial charge in [-0.1, -0.05) is 42.5 Å². The number of nitrogens with zero attached hydrogens (tertiary/aromatic N) is 2. The van der Waals surface area contributed by atoms with Gasteiger partial charge in [0.15, 0.2) is 11.5 Å². The zero-order valence-electron chi connectivity index (χ0n) is 17.0. The summed E-state index contributed by atoms with van der Waals surface area (Å²) in [6, 6.07) is 17.9. The van der Waals surface area contributed by atoms with Gasteiger partial charge in [0.2, 0.25) is 0 Å². The van der Waals surface area contributed by atoms with Crippen LogP contribution >= 0.6 is 0 Å². The van der Waals surface area contributed by atoms with Crippen LogP contribution in [0.2, 0.25) is 0 Å². The molecule has 4 rings (SSSR count). The lowest BCUT2D eigenvalue weighted by molar-refractivity contribution is -0.132. The first kappa shape index (κ1) is 20.2. The Morgan fingerprint density at radius 2 is 1.65 bits per heavy atom. The van der Waals surface area contributed by atoms with E-state index in [-0.39, 0.29) is 11.3 Å². The topological polar surface area (TPSA) is 89.0 Å². The average Bonchev–Trinajstić information content (AvgIpc) is 3.09. The highest BCUT2D eigenvalue weighted by molar-refractivity contribution is 6.51. The summed E-state index contributed by atoms with van der Waals surface area (Å²) in [4.78, 5) is 31.7. The van der Waals surface area contributed by atoms with Gasteiger partial charge in [-0.05, 0) is 29.8 Å². The molecular formula is C24H20N2O5. The number of ether oxygens (including phenoxy) is 2. The van der Waals surface area contributed by atoms with E-state index in [9.17, 15) is 14.7 Å². The Morgan fingerprint density at radius 1 is 0.935 bits per heavy atom. The zero-order valence-corrected chi connectivity index (χ0v) is 17.0. The van der Waals surface area contributed by atoms with Gasteiger partial charge in [-0.2, -0.15) is 0 Å². The minimum Gasteiger partial charge on any atom is -0.507 e. The first-order chi connectivity index (χ1) is 15.1. The lowest BCUT2D eigenvalue weighted by atomic mass is 9.95. The molecule has 0 radical (unpaired) electrons. The fraction of sp³-hybridized carbons (Fsp3) is 0.125. The van der Waals surface area contributed by atoms with E-state index in [4.69, 9.17) is 9.47 Å². The number of benzene rings is 2. The molecule has 0 bridgehead atoms. The van der Waals surface area contributed by atoms with Crippen molar-refractivity contribution >= 4 is 23.3 Å². The van der Waals surface area contributed by atoms with E-state index in [1.165, 1.54) is 25.3 Å². The van der Waals surface area contributed by atoms with Crippen LogP contribution in [0.4, 0.5) is 5.82 Å². The number of hydrogen-bond acceptors (Lipinski definition) is 6. The Hall–Kier alpha value is -4.13. The van der Waals surface area contributed by atoms with Crippen molar-refractivity contribution in [1.82, 2.24) is 4.98 Å². The molecule has 3 aromatic rings. The molecule has 1 atom stereocenters. The van der Waals surface area contributed by atoms with Gasteiger partial charge >= 0.3 is 5.91 Å². The van der Waals surface area contributed by atoms with Crippen LogP contribution in [0.3, 0.4) is 0 Å². The fourth-order valence-corrected chi connectivity index (χ4v) is 3.65. The van der Waals surface area contributed by atoms with Crippen molar-refractivity contribution in [2.75, 3.05) is 19.1 Å². The molecule has 0 spiro atoms. The second-order valence-electron chi connectivity index (χ2n) is 6.84. The number of anilines is 1. The molecule has 1 aliphatic rings. The zero-order chi connectivity index (χ0) is 22.0. The van der Waals surface area contributed by atoms with E-state index in [0.717, 1.165) is 0 Å². The summed E-state index contributed by atoms with van der Waals surface area (Å²) in [6.07, 6.45) is 1.54. The number of aliphatic hydroxyl groups excluding tert-OH is 1. The molecular weight excluding hydrogens is 396 g/mol. The molecule has 1 saturated heterocycles. The van der Waals surface area contributed by atoms with E-state index >= 15 is 0 Å². The molecule has 1 N–H and O–H groups in total. The smallest absolute Gasteiger partial charge is 0.301 e. The quantitative estimate of drug-likeness (QED) is 0.387. The van der Waals surface area contributed by atoms with Crippen LogP contribution in [-0.2, 0) is 9.59 Å². The number of rotatable bonds is 5. The fourth-order valence-electron chi connectivity index (χ4n) is 3.65. The first-order valence-electron chi connectivity index (χ1n) is 9.56. The van der Waals surface area contributed by atoms with E-state index in [1.54, 1.807) is 66.7 Å². The molecule has 1 fully saturated rings. The number of Topliss-reactive ketones (excluding diaryl/α,β-unsaturated/α-hetero) is 1.